The zero-order valence-corrected chi connectivity index (χ0v) is 14.1. The lowest BCUT2D eigenvalue weighted by Gasteiger charge is -2.43. The molecule has 0 aliphatic heterocycles. The Hall–Kier alpha value is -1.81. The van der Waals surface area contributed by atoms with E-state index in [0.29, 0.717) is 0 Å². The van der Waals surface area contributed by atoms with Gasteiger partial charge in [0.2, 0.25) is 0 Å². The van der Waals surface area contributed by atoms with E-state index < -0.39 is 0 Å². The molecule has 4 heteroatoms. The Bertz CT molecular complexity index is 681. The van der Waals surface area contributed by atoms with Crippen LogP contribution in [0.25, 0.3) is 0 Å². The van der Waals surface area contributed by atoms with Gasteiger partial charge >= 0.3 is 6.03 Å². The standard InChI is InChI=1S/C18H19BrN2O/c1-13-12-15(19)8-9-16(13)20-17(22)21-18(10-5-11-18)14-6-3-2-4-7-14/h2-4,6-9,12H,5,10-11H2,1H3,(H2,20,21,22). The van der Waals surface area contributed by atoms with Crippen LogP contribution in [0.5, 0.6) is 0 Å². The fourth-order valence-electron chi connectivity index (χ4n) is 2.91. The van der Waals surface area contributed by atoms with Gasteiger partial charge in [0, 0.05) is 10.2 Å². The first-order valence-electron chi connectivity index (χ1n) is 7.50. The maximum Gasteiger partial charge on any atom is 0.319 e. The summed E-state index contributed by atoms with van der Waals surface area (Å²) in [4.78, 5) is 12.4. The summed E-state index contributed by atoms with van der Waals surface area (Å²) < 4.78 is 1.01. The van der Waals surface area contributed by atoms with Gasteiger partial charge in [0.1, 0.15) is 0 Å². The van der Waals surface area contributed by atoms with E-state index in [1.54, 1.807) is 0 Å². The highest BCUT2D eigenvalue weighted by atomic mass is 79.9. The number of rotatable bonds is 3. The maximum absolute atomic E-state index is 12.4. The SMILES string of the molecule is Cc1cc(Br)ccc1NC(=O)NC1(c2ccccc2)CCC1. The van der Waals surface area contributed by atoms with Crippen LogP contribution in [0.4, 0.5) is 10.5 Å². The summed E-state index contributed by atoms with van der Waals surface area (Å²) in [5, 5.41) is 6.13. The monoisotopic (exact) mass is 358 g/mol. The molecule has 2 amide bonds. The van der Waals surface area contributed by atoms with Crippen LogP contribution in [0.1, 0.15) is 30.4 Å². The number of urea groups is 1. The van der Waals surface area contributed by atoms with Gasteiger partial charge in [0.25, 0.3) is 0 Å². The summed E-state index contributed by atoms with van der Waals surface area (Å²) in [6, 6.07) is 15.9. The molecule has 0 atom stereocenters. The number of hydrogen-bond acceptors (Lipinski definition) is 1. The van der Waals surface area contributed by atoms with E-state index in [4.69, 9.17) is 0 Å². The van der Waals surface area contributed by atoms with Crippen molar-refractivity contribution in [3.63, 3.8) is 0 Å². The normalized spacial score (nSPS) is 15.7. The Kier molecular flexibility index (Phi) is 4.21. The molecule has 0 spiro atoms. The largest absolute Gasteiger partial charge is 0.328 e. The number of carbonyl (C=O) groups is 1. The molecule has 1 fully saturated rings. The molecule has 0 bridgehead atoms. The first-order valence-corrected chi connectivity index (χ1v) is 8.29. The summed E-state index contributed by atoms with van der Waals surface area (Å²) in [5.41, 5.74) is 2.84. The van der Waals surface area contributed by atoms with Crippen LogP contribution in [0.3, 0.4) is 0 Å². The van der Waals surface area contributed by atoms with E-state index in [0.717, 1.165) is 35.0 Å². The molecule has 0 heterocycles. The molecule has 1 aliphatic rings. The predicted molar refractivity (Wildman–Crippen MR) is 93.0 cm³/mol. The molecule has 1 saturated carbocycles. The molecule has 2 aromatic carbocycles. The minimum absolute atomic E-state index is 0.144. The first-order chi connectivity index (χ1) is 10.6. The average molecular weight is 359 g/mol. The second-order valence-corrected chi connectivity index (χ2v) is 6.76. The smallest absolute Gasteiger partial charge is 0.319 e. The number of hydrogen-bond donors (Lipinski definition) is 2. The summed E-state index contributed by atoms with van der Waals surface area (Å²) in [7, 11) is 0. The van der Waals surface area contributed by atoms with Crippen LogP contribution in [0.2, 0.25) is 0 Å². The number of nitrogens with one attached hydrogen (secondary N) is 2. The van der Waals surface area contributed by atoms with Crippen LogP contribution in [0.15, 0.2) is 53.0 Å². The highest BCUT2D eigenvalue weighted by Crippen LogP contribution is 2.41. The molecule has 0 aromatic heterocycles. The van der Waals surface area contributed by atoms with Gasteiger partial charge in [0.15, 0.2) is 0 Å². The van der Waals surface area contributed by atoms with Crippen LogP contribution in [-0.4, -0.2) is 6.03 Å². The van der Waals surface area contributed by atoms with Crippen LogP contribution in [-0.2, 0) is 5.54 Å². The van der Waals surface area contributed by atoms with Crippen LogP contribution >= 0.6 is 15.9 Å². The lowest BCUT2D eigenvalue weighted by molar-refractivity contribution is 0.185. The molecule has 3 nitrogen and oxygen atoms in total. The van der Waals surface area contributed by atoms with E-state index in [-0.39, 0.29) is 11.6 Å². The fraction of sp³-hybridized carbons (Fsp3) is 0.278. The highest BCUT2D eigenvalue weighted by molar-refractivity contribution is 9.10. The van der Waals surface area contributed by atoms with Gasteiger partial charge in [-0.15, -0.1) is 0 Å². The Balaban J connectivity index is 1.73. The van der Waals surface area contributed by atoms with Crippen molar-refractivity contribution < 1.29 is 4.79 Å². The third-order valence-corrected chi connectivity index (χ3v) is 4.82. The molecule has 1 aliphatic carbocycles. The number of anilines is 1. The number of amides is 2. The number of aryl methyl sites for hydroxylation is 1. The molecular formula is C18H19BrN2O. The number of benzene rings is 2. The van der Waals surface area contributed by atoms with Crippen molar-refractivity contribution in [3.8, 4) is 0 Å². The van der Waals surface area contributed by atoms with Crippen molar-refractivity contribution in [1.29, 1.82) is 0 Å². The molecule has 2 aromatic rings. The van der Waals surface area contributed by atoms with Crippen molar-refractivity contribution >= 4 is 27.6 Å². The Labute approximate surface area is 139 Å². The Morgan fingerprint density at radius 3 is 2.45 bits per heavy atom. The molecular weight excluding hydrogens is 340 g/mol. The van der Waals surface area contributed by atoms with Crippen molar-refractivity contribution in [3.05, 3.63) is 64.1 Å². The van der Waals surface area contributed by atoms with Crippen molar-refractivity contribution in [2.75, 3.05) is 5.32 Å². The van der Waals surface area contributed by atoms with E-state index in [1.165, 1.54) is 5.56 Å². The molecule has 0 radical (unpaired) electrons. The first kappa shape index (κ1) is 15.1. The van der Waals surface area contributed by atoms with E-state index in [1.807, 2.05) is 43.3 Å². The topological polar surface area (TPSA) is 41.1 Å². The van der Waals surface area contributed by atoms with Crippen molar-refractivity contribution in [2.45, 2.75) is 31.7 Å². The molecule has 0 saturated heterocycles. The van der Waals surface area contributed by atoms with Gasteiger partial charge in [-0.25, -0.2) is 4.79 Å². The quantitative estimate of drug-likeness (QED) is 0.799. The second kappa shape index (κ2) is 6.13. The fourth-order valence-corrected chi connectivity index (χ4v) is 3.39. The Morgan fingerprint density at radius 2 is 1.86 bits per heavy atom. The van der Waals surface area contributed by atoms with Crippen molar-refractivity contribution in [2.24, 2.45) is 0 Å². The number of halogens is 1. The molecule has 2 N–H and O–H groups in total. The molecule has 114 valence electrons. The van der Waals surface area contributed by atoms with E-state index >= 15 is 0 Å². The lowest BCUT2D eigenvalue weighted by atomic mass is 9.72. The van der Waals surface area contributed by atoms with Crippen molar-refractivity contribution in [1.82, 2.24) is 5.32 Å². The van der Waals surface area contributed by atoms with Crippen LogP contribution in [0, 0.1) is 6.92 Å². The highest BCUT2D eigenvalue weighted by Gasteiger charge is 2.39. The molecule has 22 heavy (non-hydrogen) atoms. The van der Waals surface area contributed by atoms with Gasteiger partial charge < -0.3 is 10.6 Å². The van der Waals surface area contributed by atoms with E-state index in [9.17, 15) is 4.79 Å². The minimum atomic E-state index is -0.214. The Morgan fingerprint density at radius 1 is 1.14 bits per heavy atom. The minimum Gasteiger partial charge on any atom is -0.328 e. The summed E-state index contributed by atoms with van der Waals surface area (Å²) in [6.45, 7) is 1.98. The van der Waals surface area contributed by atoms with Gasteiger partial charge in [-0.2, -0.15) is 0 Å². The zero-order chi connectivity index (χ0) is 15.6. The summed E-state index contributed by atoms with van der Waals surface area (Å²) in [5.74, 6) is 0. The second-order valence-electron chi connectivity index (χ2n) is 5.84. The van der Waals surface area contributed by atoms with E-state index in [2.05, 4.69) is 38.7 Å². The van der Waals surface area contributed by atoms with Crippen LogP contribution < -0.4 is 10.6 Å². The molecule has 3 rings (SSSR count). The van der Waals surface area contributed by atoms with Gasteiger partial charge in [0.05, 0.1) is 5.54 Å². The van der Waals surface area contributed by atoms with Gasteiger partial charge in [-0.1, -0.05) is 46.3 Å². The number of carbonyl (C=O) groups excluding carboxylic acids is 1. The third kappa shape index (κ3) is 3.02. The summed E-state index contributed by atoms with van der Waals surface area (Å²) >= 11 is 3.43. The maximum atomic E-state index is 12.4. The average Bonchev–Trinajstić information content (AvgIpc) is 2.47. The molecule has 0 unspecified atom stereocenters. The lowest BCUT2D eigenvalue weighted by Crippen LogP contribution is -2.52. The summed E-state index contributed by atoms with van der Waals surface area (Å²) in [6.07, 6.45) is 3.12. The predicted octanol–water partition coefficient (Wildman–Crippen LogP) is 4.96. The third-order valence-electron chi connectivity index (χ3n) is 4.32. The zero-order valence-electron chi connectivity index (χ0n) is 12.5. The van der Waals surface area contributed by atoms with Gasteiger partial charge in [-0.3, -0.25) is 0 Å². The van der Waals surface area contributed by atoms with Gasteiger partial charge in [-0.05, 0) is 55.5 Å².